The first-order valence-electron chi connectivity index (χ1n) is 8.84. The van der Waals surface area contributed by atoms with E-state index in [9.17, 15) is 18.0 Å². The summed E-state index contributed by atoms with van der Waals surface area (Å²) in [6.45, 7) is 1.82. The van der Waals surface area contributed by atoms with Crippen LogP contribution in [-0.2, 0) is 19.6 Å². The van der Waals surface area contributed by atoms with Gasteiger partial charge < -0.3 is 10.4 Å². The first-order chi connectivity index (χ1) is 12.8. The van der Waals surface area contributed by atoms with Crippen molar-refractivity contribution in [2.75, 3.05) is 6.54 Å². The summed E-state index contributed by atoms with van der Waals surface area (Å²) >= 11 is 0. The molecule has 0 saturated carbocycles. The number of benzene rings is 2. The van der Waals surface area contributed by atoms with Gasteiger partial charge in [0, 0.05) is 13.0 Å². The number of sulfonamides is 1. The van der Waals surface area contributed by atoms with Crippen molar-refractivity contribution in [2.24, 2.45) is 0 Å². The summed E-state index contributed by atoms with van der Waals surface area (Å²) in [5, 5.41) is 13.3. The topological polar surface area (TPSA) is 113 Å². The normalized spacial score (nSPS) is 12.6. The molecule has 2 aromatic carbocycles. The van der Waals surface area contributed by atoms with E-state index in [0.717, 1.165) is 17.2 Å². The monoisotopic (exact) mass is 392 g/mol. The van der Waals surface area contributed by atoms with Crippen molar-refractivity contribution in [3.05, 3.63) is 42.5 Å². The van der Waals surface area contributed by atoms with Crippen molar-refractivity contribution >= 4 is 32.7 Å². The molecule has 3 N–H and O–H groups in total. The Labute approximate surface area is 158 Å². The highest BCUT2D eigenvalue weighted by atomic mass is 32.2. The van der Waals surface area contributed by atoms with Gasteiger partial charge in [-0.15, -0.1) is 0 Å². The Hall–Kier alpha value is -2.45. The van der Waals surface area contributed by atoms with Crippen LogP contribution in [0.1, 0.15) is 32.6 Å². The molecule has 146 valence electrons. The lowest BCUT2D eigenvalue weighted by atomic mass is 10.1. The highest BCUT2D eigenvalue weighted by Gasteiger charge is 2.20. The number of carbonyl (C=O) groups excluding carboxylic acids is 1. The van der Waals surface area contributed by atoms with Crippen LogP contribution < -0.4 is 10.0 Å². The zero-order chi connectivity index (χ0) is 19.9. The summed E-state index contributed by atoms with van der Waals surface area (Å²) in [6, 6.07) is 11.3. The SMILES string of the molecule is CCCCC(NC(=O)CCNS(=O)(=O)c1ccc2ccccc2c1)C(=O)O. The third-order valence-electron chi connectivity index (χ3n) is 4.16. The van der Waals surface area contributed by atoms with Gasteiger partial charge in [-0.1, -0.05) is 50.1 Å². The lowest BCUT2D eigenvalue weighted by Crippen LogP contribution is -2.41. The quantitative estimate of drug-likeness (QED) is 0.574. The van der Waals surface area contributed by atoms with Gasteiger partial charge in [0.2, 0.25) is 15.9 Å². The Morgan fingerprint density at radius 2 is 1.81 bits per heavy atom. The Morgan fingerprint density at radius 3 is 2.48 bits per heavy atom. The fourth-order valence-corrected chi connectivity index (χ4v) is 3.72. The molecule has 8 heteroatoms. The van der Waals surface area contributed by atoms with Crippen LogP contribution in [0.15, 0.2) is 47.4 Å². The summed E-state index contributed by atoms with van der Waals surface area (Å²) in [5.41, 5.74) is 0. The first kappa shape index (κ1) is 20.9. The van der Waals surface area contributed by atoms with Gasteiger partial charge in [0.15, 0.2) is 0 Å². The lowest BCUT2D eigenvalue weighted by Gasteiger charge is -2.14. The molecule has 1 unspecified atom stereocenters. The molecule has 0 aliphatic rings. The number of carbonyl (C=O) groups is 2. The highest BCUT2D eigenvalue weighted by molar-refractivity contribution is 7.89. The molecule has 2 rings (SSSR count). The van der Waals surface area contributed by atoms with E-state index in [1.165, 1.54) is 6.07 Å². The van der Waals surface area contributed by atoms with E-state index in [1.807, 2.05) is 31.2 Å². The second-order valence-electron chi connectivity index (χ2n) is 6.26. The molecular formula is C19H24N2O5S. The highest BCUT2D eigenvalue weighted by Crippen LogP contribution is 2.18. The van der Waals surface area contributed by atoms with E-state index in [1.54, 1.807) is 12.1 Å². The standard InChI is InChI=1S/C19H24N2O5S/c1-2-3-8-17(19(23)24)21-18(22)11-12-20-27(25,26)16-10-9-14-6-4-5-7-15(14)13-16/h4-7,9-10,13,17,20H,2-3,8,11-12H2,1H3,(H,21,22)(H,23,24). The van der Waals surface area contributed by atoms with Crippen LogP contribution >= 0.6 is 0 Å². The van der Waals surface area contributed by atoms with Crippen molar-refractivity contribution < 1.29 is 23.1 Å². The van der Waals surface area contributed by atoms with Gasteiger partial charge in [-0.05, 0) is 29.3 Å². The second kappa shape index (κ2) is 9.48. The number of unbranched alkanes of at least 4 members (excludes halogenated alkanes) is 1. The number of nitrogens with one attached hydrogen (secondary N) is 2. The zero-order valence-electron chi connectivity index (χ0n) is 15.1. The minimum atomic E-state index is -3.75. The van der Waals surface area contributed by atoms with Gasteiger partial charge in [0.05, 0.1) is 4.90 Å². The number of hydrogen-bond donors (Lipinski definition) is 3. The number of rotatable bonds is 10. The van der Waals surface area contributed by atoms with Gasteiger partial charge in [0.25, 0.3) is 0 Å². The number of fused-ring (bicyclic) bond motifs is 1. The molecule has 0 aliphatic carbocycles. The Bertz CT molecular complexity index is 911. The molecule has 0 aliphatic heterocycles. The molecule has 0 fully saturated rings. The molecule has 0 aromatic heterocycles. The second-order valence-corrected chi connectivity index (χ2v) is 8.02. The third-order valence-corrected chi connectivity index (χ3v) is 5.61. The summed E-state index contributed by atoms with van der Waals surface area (Å²) in [5.74, 6) is -1.59. The van der Waals surface area contributed by atoms with Crippen molar-refractivity contribution in [2.45, 2.75) is 43.5 Å². The smallest absolute Gasteiger partial charge is 0.326 e. The lowest BCUT2D eigenvalue weighted by molar-refractivity contribution is -0.142. The van der Waals surface area contributed by atoms with Crippen LogP contribution in [0.3, 0.4) is 0 Å². The van der Waals surface area contributed by atoms with Gasteiger partial charge in [-0.25, -0.2) is 17.9 Å². The van der Waals surface area contributed by atoms with Crippen LogP contribution in [0.4, 0.5) is 0 Å². The largest absolute Gasteiger partial charge is 0.480 e. The summed E-state index contributed by atoms with van der Waals surface area (Å²) in [4.78, 5) is 23.2. The molecule has 1 atom stereocenters. The van der Waals surface area contributed by atoms with E-state index in [-0.39, 0.29) is 17.9 Å². The summed E-state index contributed by atoms with van der Waals surface area (Å²) in [7, 11) is -3.75. The van der Waals surface area contributed by atoms with Crippen molar-refractivity contribution in [3.8, 4) is 0 Å². The molecule has 27 heavy (non-hydrogen) atoms. The predicted molar refractivity (Wildman–Crippen MR) is 103 cm³/mol. The zero-order valence-corrected chi connectivity index (χ0v) is 16.0. The van der Waals surface area contributed by atoms with Crippen molar-refractivity contribution in [1.29, 1.82) is 0 Å². The van der Waals surface area contributed by atoms with Crippen molar-refractivity contribution in [1.82, 2.24) is 10.0 Å². The number of carboxylic acids is 1. The molecular weight excluding hydrogens is 368 g/mol. The molecule has 0 saturated heterocycles. The van der Waals surface area contributed by atoms with Gasteiger partial charge in [0.1, 0.15) is 6.04 Å². The van der Waals surface area contributed by atoms with E-state index in [4.69, 9.17) is 5.11 Å². The Morgan fingerprint density at radius 1 is 1.11 bits per heavy atom. The third kappa shape index (κ3) is 6.04. The molecule has 0 heterocycles. The van der Waals surface area contributed by atoms with E-state index in [2.05, 4.69) is 10.0 Å². The predicted octanol–water partition coefficient (Wildman–Crippen LogP) is 2.27. The van der Waals surface area contributed by atoms with E-state index in [0.29, 0.717) is 12.8 Å². The summed E-state index contributed by atoms with van der Waals surface area (Å²) < 4.78 is 27.2. The van der Waals surface area contributed by atoms with E-state index >= 15 is 0 Å². The van der Waals surface area contributed by atoms with Crippen LogP contribution in [-0.4, -0.2) is 38.0 Å². The van der Waals surface area contributed by atoms with Crippen LogP contribution in [0.5, 0.6) is 0 Å². The summed E-state index contributed by atoms with van der Waals surface area (Å²) in [6.07, 6.45) is 1.72. The van der Waals surface area contributed by atoms with Gasteiger partial charge in [-0.2, -0.15) is 0 Å². The molecule has 2 aromatic rings. The fourth-order valence-electron chi connectivity index (χ4n) is 2.65. The maximum absolute atomic E-state index is 12.4. The Balaban J connectivity index is 1.92. The average molecular weight is 392 g/mol. The molecule has 7 nitrogen and oxygen atoms in total. The molecule has 1 amide bonds. The maximum atomic E-state index is 12.4. The Kier molecular flexibility index (Phi) is 7.32. The fraction of sp³-hybridized carbons (Fsp3) is 0.368. The van der Waals surface area contributed by atoms with Crippen LogP contribution in [0.2, 0.25) is 0 Å². The number of hydrogen-bond acceptors (Lipinski definition) is 4. The minimum absolute atomic E-state index is 0.110. The molecule has 0 bridgehead atoms. The minimum Gasteiger partial charge on any atom is -0.480 e. The van der Waals surface area contributed by atoms with Crippen LogP contribution in [0, 0.1) is 0 Å². The molecule has 0 spiro atoms. The van der Waals surface area contributed by atoms with E-state index < -0.39 is 27.9 Å². The number of amides is 1. The average Bonchev–Trinajstić information content (AvgIpc) is 2.64. The number of aliphatic carboxylic acids is 1. The maximum Gasteiger partial charge on any atom is 0.326 e. The van der Waals surface area contributed by atoms with Gasteiger partial charge in [-0.3, -0.25) is 4.79 Å². The molecule has 0 radical (unpaired) electrons. The first-order valence-corrected chi connectivity index (χ1v) is 10.3. The number of carboxylic acid groups (broad SMARTS) is 1. The van der Waals surface area contributed by atoms with Crippen LogP contribution in [0.25, 0.3) is 10.8 Å². The van der Waals surface area contributed by atoms with Crippen molar-refractivity contribution in [3.63, 3.8) is 0 Å². The van der Waals surface area contributed by atoms with Gasteiger partial charge >= 0.3 is 5.97 Å².